The molecule has 29 heavy (non-hydrogen) atoms. The van der Waals surface area contributed by atoms with Crippen molar-refractivity contribution in [3.8, 4) is 11.5 Å². The number of ether oxygens (including phenoxy) is 1. The van der Waals surface area contributed by atoms with E-state index in [1.165, 1.54) is 16.4 Å². The maximum absolute atomic E-state index is 13.1. The molecule has 154 valence electrons. The van der Waals surface area contributed by atoms with Gasteiger partial charge in [-0.3, -0.25) is 10.1 Å². The van der Waals surface area contributed by atoms with Crippen LogP contribution in [0.15, 0.2) is 53.4 Å². The van der Waals surface area contributed by atoms with E-state index in [2.05, 4.69) is 10.6 Å². The number of amides is 3. The minimum Gasteiger partial charge on any atom is -0.457 e. The molecule has 10 heteroatoms. The van der Waals surface area contributed by atoms with Crippen LogP contribution in [-0.2, 0) is 14.8 Å². The lowest BCUT2D eigenvalue weighted by molar-refractivity contribution is -0.120. The lowest BCUT2D eigenvalue weighted by Gasteiger charge is -2.27. The van der Waals surface area contributed by atoms with Crippen molar-refractivity contribution in [2.45, 2.75) is 30.8 Å². The van der Waals surface area contributed by atoms with Crippen LogP contribution < -0.4 is 15.4 Å². The topological polar surface area (TPSA) is 105 Å². The molecule has 2 aromatic rings. The molecule has 1 heterocycles. The molecule has 1 unspecified atom stereocenters. The van der Waals surface area contributed by atoms with Gasteiger partial charge in [0.05, 0.1) is 4.90 Å². The Kier molecular flexibility index (Phi) is 6.11. The van der Waals surface area contributed by atoms with Gasteiger partial charge >= 0.3 is 6.03 Å². The van der Waals surface area contributed by atoms with Crippen LogP contribution in [0.2, 0.25) is 5.02 Å². The van der Waals surface area contributed by atoms with Crippen LogP contribution in [0.3, 0.4) is 0 Å². The van der Waals surface area contributed by atoms with E-state index in [-0.39, 0.29) is 11.4 Å². The Morgan fingerprint density at radius 2 is 1.59 bits per heavy atom. The minimum absolute atomic E-state index is 0.0550. The highest BCUT2D eigenvalue weighted by Crippen LogP contribution is 2.26. The lowest BCUT2D eigenvalue weighted by atomic mass is 10.3. The number of nitrogens with zero attached hydrogens (tertiary/aromatic N) is 1. The van der Waals surface area contributed by atoms with Crippen LogP contribution in [-0.4, -0.2) is 43.3 Å². The number of nitrogens with one attached hydrogen (secondary N) is 2. The van der Waals surface area contributed by atoms with Crippen LogP contribution in [0, 0.1) is 0 Å². The van der Waals surface area contributed by atoms with Crippen LogP contribution in [0.25, 0.3) is 0 Å². The summed E-state index contributed by atoms with van der Waals surface area (Å²) in [7, 11) is -3.89. The van der Waals surface area contributed by atoms with Gasteiger partial charge in [0, 0.05) is 17.6 Å². The van der Waals surface area contributed by atoms with E-state index in [0.29, 0.717) is 16.5 Å². The molecule has 0 spiro atoms. The molecular formula is C19H20ClN3O5S. The minimum atomic E-state index is -3.89. The fourth-order valence-electron chi connectivity index (χ4n) is 2.81. The van der Waals surface area contributed by atoms with E-state index < -0.39 is 34.0 Å². The SMILES string of the molecule is CC(C)N(CC1NC(=O)NC1=O)S(=O)(=O)c1ccc(Oc2ccc(Cl)cc2)cc1. The molecule has 8 nitrogen and oxygen atoms in total. The highest BCUT2D eigenvalue weighted by molar-refractivity contribution is 7.89. The molecule has 0 aliphatic carbocycles. The summed E-state index contributed by atoms with van der Waals surface area (Å²) in [6.07, 6.45) is 0. The molecule has 0 saturated carbocycles. The number of carbonyl (C=O) groups is 2. The first-order chi connectivity index (χ1) is 13.7. The van der Waals surface area contributed by atoms with E-state index in [1.54, 1.807) is 50.2 Å². The number of imide groups is 1. The van der Waals surface area contributed by atoms with Gasteiger partial charge in [-0.25, -0.2) is 13.2 Å². The number of hydrogen-bond acceptors (Lipinski definition) is 5. The number of carbonyl (C=O) groups excluding carboxylic acids is 2. The summed E-state index contributed by atoms with van der Waals surface area (Å²) in [4.78, 5) is 23.2. The second-order valence-electron chi connectivity index (χ2n) is 6.71. The van der Waals surface area contributed by atoms with Crippen LogP contribution in [0.4, 0.5) is 4.79 Å². The largest absolute Gasteiger partial charge is 0.457 e. The molecule has 0 radical (unpaired) electrons. The Morgan fingerprint density at radius 3 is 2.07 bits per heavy atom. The summed E-state index contributed by atoms with van der Waals surface area (Å²) in [5.74, 6) is 0.476. The molecule has 3 rings (SSSR count). The van der Waals surface area contributed by atoms with Gasteiger partial charge in [0.25, 0.3) is 5.91 Å². The van der Waals surface area contributed by atoms with Gasteiger partial charge in [0.1, 0.15) is 17.5 Å². The summed E-state index contributed by atoms with van der Waals surface area (Å²) in [6.45, 7) is 3.23. The number of benzene rings is 2. The molecular weight excluding hydrogens is 418 g/mol. The zero-order valence-corrected chi connectivity index (χ0v) is 17.3. The van der Waals surface area contributed by atoms with Crippen LogP contribution >= 0.6 is 11.6 Å². The Balaban J connectivity index is 1.78. The molecule has 0 bridgehead atoms. The zero-order chi connectivity index (χ0) is 21.2. The maximum atomic E-state index is 13.1. The smallest absolute Gasteiger partial charge is 0.322 e. The Morgan fingerprint density at radius 1 is 1.03 bits per heavy atom. The first-order valence-electron chi connectivity index (χ1n) is 8.83. The second-order valence-corrected chi connectivity index (χ2v) is 9.04. The zero-order valence-electron chi connectivity index (χ0n) is 15.8. The van der Waals surface area contributed by atoms with Crippen molar-refractivity contribution in [2.75, 3.05) is 6.54 Å². The van der Waals surface area contributed by atoms with E-state index in [9.17, 15) is 18.0 Å². The van der Waals surface area contributed by atoms with Gasteiger partial charge in [-0.15, -0.1) is 0 Å². The van der Waals surface area contributed by atoms with Crippen LogP contribution in [0.5, 0.6) is 11.5 Å². The van der Waals surface area contributed by atoms with E-state index in [0.717, 1.165) is 0 Å². The average molecular weight is 438 g/mol. The molecule has 1 aliphatic rings. The first-order valence-corrected chi connectivity index (χ1v) is 10.7. The fourth-order valence-corrected chi connectivity index (χ4v) is 4.58. The highest BCUT2D eigenvalue weighted by atomic mass is 35.5. The van der Waals surface area contributed by atoms with Crippen molar-refractivity contribution in [1.29, 1.82) is 0 Å². The fraction of sp³-hybridized carbons (Fsp3) is 0.263. The molecule has 0 aromatic heterocycles. The van der Waals surface area contributed by atoms with Crippen molar-refractivity contribution in [3.05, 3.63) is 53.6 Å². The van der Waals surface area contributed by atoms with Crippen molar-refractivity contribution >= 4 is 33.6 Å². The number of rotatable bonds is 7. The predicted molar refractivity (Wildman–Crippen MR) is 107 cm³/mol. The average Bonchev–Trinajstić information content (AvgIpc) is 2.98. The molecule has 3 amide bonds. The summed E-state index contributed by atoms with van der Waals surface area (Å²) in [5, 5.41) is 5.10. The van der Waals surface area contributed by atoms with Gasteiger partial charge in [0.15, 0.2) is 0 Å². The van der Waals surface area contributed by atoms with E-state index in [4.69, 9.17) is 16.3 Å². The Hall–Kier alpha value is -2.62. The standard InChI is InChI=1S/C19H20ClN3O5S/c1-12(2)23(11-17-18(24)22-19(25)21-17)29(26,27)16-9-7-15(8-10-16)28-14-5-3-13(20)4-6-14/h3-10,12,17H,11H2,1-2H3,(H2,21,22,24,25). The number of halogens is 1. The van der Waals surface area contributed by atoms with Crippen molar-refractivity contribution in [2.24, 2.45) is 0 Å². The molecule has 1 atom stereocenters. The maximum Gasteiger partial charge on any atom is 0.322 e. The predicted octanol–water partition coefficient (Wildman–Crippen LogP) is 2.74. The third-order valence-corrected chi connectivity index (χ3v) is 6.58. The quantitative estimate of drug-likeness (QED) is 0.648. The second kappa shape index (κ2) is 8.40. The van der Waals surface area contributed by atoms with Gasteiger partial charge in [-0.1, -0.05) is 11.6 Å². The molecule has 1 fully saturated rings. The molecule has 2 N–H and O–H groups in total. The summed E-state index contributed by atoms with van der Waals surface area (Å²) < 4.78 is 33.0. The van der Waals surface area contributed by atoms with Crippen molar-refractivity contribution in [1.82, 2.24) is 14.9 Å². The third-order valence-electron chi connectivity index (χ3n) is 4.28. The number of hydrogen-bond donors (Lipinski definition) is 2. The van der Waals surface area contributed by atoms with Crippen molar-refractivity contribution < 1.29 is 22.7 Å². The normalized spacial score (nSPS) is 16.8. The molecule has 2 aromatic carbocycles. The van der Waals surface area contributed by atoms with Gasteiger partial charge in [-0.2, -0.15) is 4.31 Å². The third kappa shape index (κ3) is 4.87. The number of sulfonamides is 1. The Labute approximate surface area is 173 Å². The first kappa shape index (κ1) is 21.1. The summed E-state index contributed by atoms with van der Waals surface area (Å²) in [5.41, 5.74) is 0. The van der Waals surface area contributed by atoms with Gasteiger partial charge in [-0.05, 0) is 62.4 Å². The number of urea groups is 1. The molecule has 1 aliphatic heterocycles. The van der Waals surface area contributed by atoms with Gasteiger partial charge in [0.2, 0.25) is 10.0 Å². The lowest BCUT2D eigenvalue weighted by Crippen LogP contribution is -2.47. The Bertz CT molecular complexity index is 1010. The van der Waals surface area contributed by atoms with E-state index >= 15 is 0 Å². The van der Waals surface area contributed by atoms with Crippen LogP contribution in [0.1, 0.15) is 13.8 Å². The van der Waals surface area contributed by atoms with Crippen molar-refractivity contribution in [3.63, 3.8) is 0 Å². The molecule has 1 saturated heterocycles. The summed E-state index contributed by atoms with van der Waals surface area (Å²) in [6, 6.07) is 10.7. The van der Waals surface area contributed by atoms with E-state index in [1.807, 2.05) is 0 Å². The van der Waals surface area contributed by atoms with Gasteiger partial charge < -0.3 is 10.1 Å². The highest BCUT2D eigenvalue weighted by Gasteiger charge is 2.36. The monoisotopic (exact) mass is 437 g/mol. The summed E-state index contributed by atoms with van der Waals surface area (Å²) >= 11 is 5.84.